The number of aryl methyl sites for hydroxylation is 1. The molecule has 2 rings (SSSR count). The van der Waals surface area contributed by atoms with Crippen molar-refractivity contribution in [3.8, 4) is 0 Å². The molecule has 96 valence electrons. The van der Waals surface area contributed by atoms with Crippen molar-refractivity contribution >= 4 is 38.9 Å². The van der Waals surface area contributed by atoms with Crippen LogP contribution >= 0.6 is 38.9 Å². The Bertz CT molecular complexity index is 570. The molecule has 1 nitrogen and oxygen atoms in total. The van der Waals surface area contributed by atoms with Gasteiger partial charge in [0.15, 0.2) is 0 Å². The van der Waals surface area contributed by atoms with Gasteiger partial charge in [0.1, 0.15) is 5.82 Å². The standard InChI is InChI=1S/C13H12BrClFNS/c1-7-5-9(14)13(18-7)12(17-2)8-3-4-11(16)10(15)6-8/h3-6,12,17H,1-2H3. The van der Waals surface area contributed by atoms with Crippen LogP contribution in [0.5, 0.6) is 0 Å². The van der Waals surface area contributed by atoms with Crippen LogP contribution in [0.4, 0.5) is 4.39 Å². The highest BCUT2D eigenvalue weighted by molar-refractivity contribution is 9.10. The largest absolute Gasteiger partial charge is 0.309 e. The molecule has 0 fully saturated rings. The van der Waals surface area contributed by atoms with Crippen molar-refractivity contribution in [3.63, 3.8) is 0 Å². The molecule has 0 aliphatic rings. The predicted molar refractivity (Wildman–Crippen MR) is 79.1 cm³/mol. The summed E-state index contributed by atoms with van der Waals surface area (Å²) in [5, 5.41) is 3.38. The third-order valence-corrected chi connectivity index (χ3v) is 4.99. The SMILES string of the molecule is CNC(c1ccc(F)c(Cl)c1)c1sc(C)cc1Br. The molecule has 0 amide bonds. The molecule has 5 heteroatoms. The molecule has 1 N–H and O–H groups in total. The third kappa shape index (κ3) is 2.77. The summed E-state index contributed by atoms with van der Waals surface area (Å²) in [7, 11) is 1.88. The molecular formula is C13H12BrClFNS. The van der Waals surface area contributed by atoms with Gasteiger partial charge in [-0.2, -0.15) is 0 Å². The maximum Gasteiger partial charge on any atom is 0.141 e. The maximum atomic E-state index is 13.2. The first-order valence-electron chi connectivity index (χ1n) is 5.41. The normalized spacial score (nSPS) is 12.7. The fourth-order valence-corrected chi connectivity index (χ4v) is 4.05. The Morgan fingerprint density at radius 2 is 2.11 bits per heavy atom. The topological polar surface area (TPSA) is 12.0 Å². The third-order valence-electron chi connectivity index (χ3n) is 2.66. The monoisotopic (exact) mass is 347 g/mol. The molecule has 2 aromatic rings. The minimum absolute atomic E-state index is 0.0103. The van der Waals surface area contributed by atoms with Crippen LogP contribution in [-0.4, -0.2) is 7.05 Å². The van der Waals surface area contributed by atoms with Crippen molar-refractivity contribution < 1.29 is 4.39 Å². The van der Waals surface area contributed by atoms with E-state index >= 15 is 0 Å². The van der Waals surface area contributed by atoms with E-state index in [1.54, 1.807) is 23.5 Å². The average molecular weight is 349 g/mol. The number of nitrogens with one attached hydrogen (secondary N) is 1. The van der Waals surface area contributed by atoms with Gasteiger partial charge in [-0.25, -0.2) is 4.39 Å². The molecule has 0 bridgehead atoms. The zero-order valence-electron chi connectivity index (χ0n) is 9.93. The van der Waals surface area contributed by atoms with E-state index in [4.69, 9.17) is 11.6 Å². The highest BCUT2D eigenvalue weighted by Crippen LogP contribution is 2.36. The summed E-state index contributed by atoms with van der Waals surface area (Å²) >= 11 is 11.1. The van der Waals surface area contributed by atoms with Gasteiger partial charge in [-0.3, -0.25) is 0 Å². The number of thiophene rings is 1. The lowest BCUT2D eigenvalue weighted by atomic mass is 10.1. The van der Waals surface area contributed by atoms with Gasteiger partial charge in [-0.1, -0.05) is 17.7 Å². The highest BCUT2D eigenvalue weighted by atomic mass is 79.9. The van der Waals surface area contributed by atoms with Crippen LogP contribution in [0.2, 0.25) is 5.02 Å². The summed E-state index contributed by atoms with van der Waals surface area (Å²) < 4.78 is 14.3. The van der Waals surface area contributed by atoms with E-state index in [0.29, 0.717) is 0 Å². The van der Waals surface area contributed by atoms with E-state index in [9.17, 15) is 4.39 Å². The van der Waals surface area contributed by atoms with Crippen LogP contribution in [0.3, 0.4) is 0 Å². The van der Waals surface area contributed by atoms with E-state index in [1.165, 1.54) is 10.9 Å². The van der Waals surface area contributed by atoms with Gasteiger partial charge in [-0.15, -0.1) is 11.3 Å². The Kier molecular flexibility index (Phi) is 4.43. The number of hydrogen-bond acceptors (Lipinski definition) is 2. The fourth-order valence-electron chi connectivity index (χ4n) is 1.84. The molecule has 0 saturated heterocycles. The number of halogens is 3. The number of benzene rings is 1. The van der Waals surface area contributed by atoms with Gasteiger partial charge < -0.3 is 5.32 Å². The second-order valence-electron chi connectivity index (χ2n) is 3.96. The van der Waals surface area contributed by atoms with Crippen LogP contribution in [0, 0.1) is 12.7 Å². The second-order valence-corrected chi connectivity index (χ2v) is 6.51. The van der Waals surface area contributed by atoms with Crippen molar-refractivity contribution in [1.82, 2.24) is 5.32 Å². The summed E-state index contributed by atoms with van der Waals surface area (Å²) in [6.45, 7) is 2.06. The van der Waals surface area contributed by atoms with Crippen molar-refractivity contribution in [1.29, 1.82) is 0 Å². The van der Waals surface area contributed by atoms with Crippen LogP contribution < -0.4 is 5.32 Å². The zero-order valence-corrected chi connectivity index (χ0v) is 13.1. The van der Waals surface area contributed by atoms with E-state index in [-0.39, 0.29) is 11.1 Å². The molecule has 1 heterocycles. The molecule has 18 heavy (non-hydrogen) atoms. The van der Waals surface area contributed by atoms with Crippen LogP contribution in [0.25, 0.3) is 0 Å². The summed E-state index contributed by atoms with van der Waals surface area (Å²) in [4.78, 5) is 2.39. The fraction of sp³-hybridized carbons (Fsp3) is 0.231. The minimum atomic E-state index is -0.392. The molecule has 0 aliphatic carbocycles. The molecule has 0 spiro atoms. The molecule has 0 radical (unpaired) electrons. The Hall–Kier alpha value is -0.420. The van der Waals surface area contributed by atoms with Crippen molar-refractivity contribution in [2.75, 3.05) is 7.05 Å². The number of rotatable bonds is 3. The maximum absolute atomic E-state index is 13.2. The van der Waals surface area contributed by atoms with Gasteiger partial charge >= 0.3 is 0 Å². The molecular weight excluding hydrogens is 337 g/mol. The van der Waals surface area contributed by atoms with E-state index in [1.807, 2.05) is 7.05 Å². The number of hydrogen-bond donors (Lipinski definition) is 1. The Morgan fingerprint density at radius 3 is 2.61 bits per heavy atom. The van der Waals surface area contributed by atoms with E-state index in [0.717, 1.165) is 14.9 Å². The van der Waals surface area contributed by atoms with Gasteiger partial charge in [0.25, 0.3) is 0 Å². The molecule has 1 atom stereocenters. The summed E-state index contributed by atoms with van der Waals surface area (Å²) in [5.41, 5.74) is 0.950. The zero-order chi connectivity index (χ0) is 13.3. The van der Waals surface area contributed by atoms with Crippen molar-refractivity contribution in [2.24, 2.45) is 0 Å². The highest BCUT2D eigenvalue weighted by Gasteiger charge is 2.18. The quantitative estimate of drug-likeness (QED) is 0.830. The van der Waals surface area contributed by atoms with Crippen LogP contribution in [0.1, 0.15) is 21.4 Å². The lowest BCUT2D eigenvalue weighted by Crippen LogP contribution is -2.16. The van der Waals surface area contributed by atoms with E-state index < -0.39 is 5.82 Å². The molecule has 1 aromatic heterocycles. The van der Waals surface area contributed by atoms with Crippen LogP contribution in [-0.2, 0) is 0 Å². The summed E-state index contributed by atoms with van der Waals surface area (Å²) in [6.07, 6.45) is 0. The molecule has 0 aliphatic heterocycles. The Morgan fingerprint density at radius 1 is 1.39 bits per heavy atom. The lowest BCUT2D eigenvalue weighted by Gasteiger charge is -2.16. The average Bonchev–Trinajstić information content (AvgIpc) is 2.64. The van der Waals surface area contributed by atoms with Gasteiger partial charge in [0.2, 0.25) is 0 Å². The predicted octanol–water partition coefficient (Wildman–Crippen LogP) is 4.92. The van der Waals surface area contributed by atoms with Crippen molar-refractivity contribution in [2.45, 2.75) is 13.0 Å². The molecule has 1 unspecified atom stereocenters. The molecule has 0 saturated carbocycles. The Balaban J connectivity index is 2.45. The molecule has 1 aromatic carbocycles. The first kappa shape index (κ1) is 14.0. The van der Waals surface area contributed by atoms with Crippen molar-refractivity contribution in [3.05, 3.63) is 54.9 Å². The summed E-state index contributed by atoms with van der Waals surface area (Å²) in [5.74, 6) is -0.392. The minimum Gasteiger partial charge on any atom is -0.309 e. The first-order chi connectivity index (χ1) is 8.52. The second kappa shape index (κ2) is 5.70. The van der Waals surface area contributed by atoms with Gasteiger partial charge in [0.05, 0.1) is 11.1 Å². The van der Waals surface area contributed by atoms with Crippen LogP contribution in [0.15, 0.2) is 28.7 Å². The summed E-state index contributed by atoms with van der Waals surface area (Å²) in [6, 6.07) is 6.91. The van der Waals surface area contributed by atoms with Gasteiger partial charge in [-0.05, 0) is 53.7 Å². The lowest BCUT2D eigenvalue weighted by molar-refractivity contribution is 0.624. The first-order valence-corrected chi connectivity index (χ1v) is 7.39. The smallest absolute Gasteiger partial charge is 0.141 e. The van der Waals surface area contributed by atoms with E-state index in [2.05, 4.69) is 34.2 Å². The Labute approximate surface area is 123 Å². The van der Waals surface area contributed by atoms with Gasteiger partial charge in [0, 0.05) is 14.2 Å².